The zero-order chi connectivity index (χ0) is 9.80. The quantitative estimate of drug-likeness (QED) is 0.711. The van der Waals surface area contributed by atoms with Gasteiger partial charge in [-0.15, -0.1) is 0 Å². The molecule has 14 heavy (non-hydrogen) atoms. The van der Waals surface area contributed by atoms with Crippen LogP contribution in [0, 0.1) is 11.3 Å². The molecule has 1 heterocycles. The van der Waals surface area contributed by atoms with Crippen molar-refractivity contribution in [2.75, 3.05) is 19.6 Å². The number of likely N-dealkylation sites (tertiary alicyclic amines) is 1. The maximum absolute atomic E-state index is 8.95. The molecule has 1 saturated heterocycles. The molecule has 1 atom stereocenters. The SMILES string of the molecule is N#CC(CCN1CCCC1)NC1CC1. The fourth-order valence-electron chi connectivity index (χ4n) is 2.04. The van der Waals surface area contributed by atoms with Crippen molar-refractivity contribution in [3.63, 3.8) is 0 Å². The van der Waals surface area contributed by atoms with E-state index in [1.54, 1.807) is 0 Å². The van der Waals surface area contributed by atoms with Gasteiger partial charge < -0.3 is 4.90 Å². The summed E-state index contributed by atoms with van der Waals surface area (Å²) in [6.45, 7) is 3.57. The molecule has 0 aromatic rings. The molecule has 1 N–H and O–H groups in total. The minimum absolute atomic E-state index is 0.0862. The Bertz CT molecular complexity index is 211. The lowest BCUT2D eigenvalue weighted by molar-refractivity contribution is 0.321. The Balaban J connectivity index is 1.63. The molecule has 0 bridgehead atoms. The van der Waals surface area contributed by atoms with Gasteiger partial charge >= 0.3 is 0 Å². The van der Waals surface area contributed by atoms with Crippen molar-refractivity contribution in [1.29, 1.82) is 5.26 Å². The lowest BCUT2D eigenvalue weighted by atomic mass is 10.2. The molecular weight excluding hydrogens is 174 g/mol. The summed E-state index contributed by atoms with van der Waals surface area (Å²) in [7, 11) is 0. The van der Waals surface area contributed by atoms with E-state index in [1.807, 2.05) is 0 Å². The maximum atomic E-state index is 8.95. The lowest BCUT2D eigenvalue weighted by Crippen LogP contribution is -2.33. The van der Waals surface area contributed by atoms with Crippen LogP contribution in [0.5, 0.6) is 0 Å². The summed E-state index contributed by atoms with van der Waals surface area (Å²) < 4.78 is 0. The first-order valence-electron chi connectivity index (χ1n) is 5.76. The van der Waals surface area contributed by atoms with Crippen LogP contribution in [0.1, 0.15) is 32.1 Å². The average molecular weight is 193 g/mol. The van der Waals surface area contributed by atoms with Gasteiger partial charge in [0.25, 0.3) is 0 Å². The van der Waals surface area contributed by atoms with E-state index in [2.05, 4.69) is 16.3 Å². The van der Waals surface area contributed by atoms with Crippen LogP contribution in [0.3, 0.4) is 0 Å². The number of hydrogen-bond donors (Lipinski definition) is 1. The molecule has 1 saturated carbocycles. The summed E-state index contributed by atoms with van der Waals surface area (Å²) >= 11 is 0. The van der Waals surface area contributed by atoms with Crippen molar-refractivity contribution in [2.24, 2.45) is 0 Å². The highest BCUT2D eigenvalue weighted by atomic mass is 15.1. The number of nitriles is 1. The molecule has 1 unspecified atom stereocenters. The third-order valence-electron chi connectivity index (χ3n) is 3.10. The smallest absolute Gasteiger partial charge is 0.0967 e. The standard InChI is InChI=1S/C11H19N3/c12-9-11(13-10-3-4-10)5-8-14-6-1-2-7-14/h10-11,13H,1-8H2. The molecule has 1 aliphatic heterocycles. The van der Waals surface area contributed by atoms with Crippen LogP contribution < -0.4 is 5.32 Å². The summed E-state index contributed by atoms with van der Waals surface area (Å²) in [5.41, 5.74) is 0. The lowest BCUT2D eigenvalue weighted by Gasteiger charge is -2.17. The van der Waals surface area contributed by atoms with Gasteiger partial charge in [-0.05, 0) is 45.2 Å². The van der Waals surface area contributed by atoms with Gasteiger partial charge in [-0.1, -0.05) is 0 Å². The minimum Gasteiger partial charge on any atom is -0.303 e. The summed E-state index contributed by atoms with van der Waals surface area (Å²) in [6.07, 6.45) is 6.21. The third kappa shape index (κ3) is 2.97. The Labute approximate surface area is 86.1 Å². The van der Waals surface area contributed by atoms with Gasteiger partial charge in [0.05, 0.1) is 12.1 Å². The zero-order valence-corrected chi connectivity index (χ0v) is 8.71. The summed E-state index contributed by atoms with van der Waals surface area (Å²) in [5.74, 6) is 0. The molecule has 0 aromatic carbocycles. The first-order chi connectivity index (χ1) is 6.88. The molecule has 78 valence electrons. The summed E-state index contributed by atoms with van der Waals surface area (Å²) in [5, 5.41) is 12.3. The highest BCUT2D eigenvalue weighted by Crippen LogP contribution is 2.20. The monoisotopic (exact) mass is 193 g/mol. The molecule has 3 heteroatoms. The van der Waals surface area contributed by atoms with Gasteiger partial charge in [-0.25, -0.2) is 0 Å². The number of nitrogens with zero attached hydrogens (tertiary/aromatic N) is 2. The van der Waals surface area contributed by atoms with E-state index in [0.717, 1.165) is 13.0 Å². The van der Waals surface area contributed by atoms with Crippen molar-refractivity contribution in [3.05, 3.63) is 0 Å². The van der Waals surface area contributed by atoms with Crippen LogP contribution >= 0.6 is 0 Å². The van der Waals surface area contributed by atoms with E-state index in [1.165, 1.54) is 38.8 Å². The Kier molecular flexibility index (Phi) is 3.39. The van der Waals surface area contributed by atoms with Gasteiger partial charge in [-0.2, -0.15) is 5.26 Å². The Morgan fingerprint density at radius 3 is 2.64 bits per heavy atom. The van der Waals surface area contributed by atoms with Crippen LogP contribution in [0.25, 0.3) is 0 Å². The number of rotatable bonds is 5. The summed E-state index contributed by atoms with van der Waals surface area (Å²) in [4.78, 5) is 2.47. The van der Waals surface area contributed by atoms with Crippen molar-refractivity contribution in [3.8, 4) is 6.07 Å². The zero-order valence-electron chi connectivity index (χ0n) is 8.71. The topological polar surface area (TPSA) is 39.1 Å². The van der Waals surface area contributed by atoms with E-state index in [0.29, 0.717) is 6.04 Å². The molecule has 1 aliphatic carbocycles. The molecule has 2 fully saturated rings. The second-order valence-electron chi connectivity index (χ2n) is 4.46. The first-order valence-corrected chi connectivity index (χ1v) is 5.76. The van der Waals surface area contributed by atoms with Gasteiger partial charge in [-0.3, -0.25) is 5.32 Å². The molecule has 2 rings (SSSR count). The predicted octanol–water partition coefficient (Wildman–Crippen LogP) is 1.12. The number of nitrogens with one attached hydrogen (secondary N) is 1. The third-order valence-corrected chi connectivity index (χ3v) is 3.10. The molecule has 0 radical (unpaired) electrons. The maximum Gasteiger partial charge on any atom is 0.0967 e. The van der Waals surface area contributed by atoms with E-state index in [9.17, 15) is 0 Å². The average Bonchev–Trinajstić information content (AvgIpc) is 2.86. The van der Waals surface area contributed by atoms with Gasteiger partial charge in [0, 0.05) is 12.6 Å². The van der Waals surface area contributed by atoms with E-state index >= 15 is 0 Å². The van der Waals surface area contributed by atoms with Crippen LogP contribution in [0.2, 0.25) is 0 Å². The van der Waals surface area contributed by atoms with E-state index < -0.39 is 0 Å². The molecule has 0 spiro atoms. The fraction of sp³-hybridized carbons (Fsp3) is 0.909. The van der Waals surface area contributed by atoms with Crippen LogP contribution in [0.15, 0.2) is 0 Å². The summed E-state index contributed by atoms with van der Waals surface area (Å²) in [6, 6.07) is 3.10. The van der Waals surface area contributed by atoms with Crippen molar-refractivity contribution >= 4 is 0 Å². The second-order valence-corrected chi connectivity index (χ2v) is 4.46. The largest absolute Gasteiger partial charge is 0.303 e. The Morgan fingerprint density at radius 2 is 2.07 bits per heavy atom. The molecular formula is C11H19N3. The van der Waals surface area contributed by atoms with E-state index in [4.69, 9.17) is 5.26 Å². The predicted molar refractivity (Wildman–Crippen MR) is 55.8 cm³/mol. The van der Waals surface area contributed by atoms with E-state index in [-0.39, 0.29) is 6.04 Å². The number of hydrogen-bond acceptors (Lipinski definition) is 3. The fourth-order valence-corrected chi connectivity index (χ4v) is 2.04. The van der Waals surface area contributed by atoms with Crippen molar-refractivity contribution in [2.45, 2.75) is 44.2 Å². The van der Waals surface area contributed by atoms with Gasteiger partial charge in [0.2, 0.25) is 0 Å². The molecule has 3 nitrogen and oxygen atoms in total. The van der Waals surface area contributed by atoms with Crippen LogP contribution in [0.4, 0.5) is 0 Å². The second kappa shape index (κ2) is 4.77. The Hall–Kier alpha value is -0.590. The highest BCUT2D eigenvalue weighted by Gasteiger charge is 2.24. The van der Waals surface area contributed by atoms with Crippen LogP contribution in [-0.4, -0.2) is 36.6 Å². The highest BCUT2D eigenvalue weighted by molar-refractivity contribution is 4.96. The normalized spacial score (nSPS) is 24.8. The van der Waals surface area contributed by atoms with Gasteiger partial charge in [0.15, 0.2) is 0 Å². The minimum atomic E-state index is 0.0862. The van der Waals surface area contributed by atoms with Crippen molar-refractivity contribution < 1.29 is 0 Å². The first kappa shape index (κ1) is 9.95. The van der Waals surface area contributed by atoms with Crippen LogP contribution in [-0.2, 0) is 0 Å². The molecule has 2 aliphatic rings. The molecule has 0 aromatic heterocycles. The van der Waals surface area contributed by atoms with Gasteiger partial charge in [0.1, 0.15) is 0 Å². The Morgan fingerprint density at radius 1 is 1.36 bits per heavy atom. The molecule has 0 amide bonds. The van der Waals surface area contributed by atoms with Crippen molar-refractivity contribution in [1.82, 2.24) is 10.2 Å².